The summed E-state index contributed by atoms with van der Waals surface area (Å²) in [5.41, 5.74) is 2.69. The van der Waals surface area contributed by atoms with Gasteiger partial charge >= 0.3 is 0 Å². The van der Waals surface area contributed by atoms with Gasteiger partial charge in [0.15, 0.2) is 0 Å². The van der Waals surface area contributed by atoms with E-state index < -0.39 is 0 Å². The molecule has 1 unspecified atom stereocenters. The molecular weight excluding hydrogens is 228 g/mol. The second-order valence-electron chi connectivity index (χ2n) is 4.10. The molecule has 0 aliphatic rings. The molecule has 17 heavy (non-hydrogen) atoms. The molecule has 90 valence electrons. The molecule has 0 fully saturated rings. The average molecular weight is 246 g/mol. The van der Waals surface area contributed by atoms with Crippen molar-refractivity contribution in [3.63, 3.8) is 0 Å². The van der Waals surface area contributed by atoms with Crippen LogP contribution in [-0.2, 0) is 6.42 Å². The van der Waals surface area contributed by atoms with Gasteiger partial charge in [-0.1, -0.05) is 31.2 Å². The van der Waals surface area contributed by atoms with Crippen LogP contribution in [0.5, 0.6) is 0 Å². The quantitative estimate of drug-likeness (QED) is 0.895. The molecule has 3 heteroatoms. The van der Waals surface area contributed by atoms with Crippen molar-refractivity contribution in [2.75, 3.05) is 7.05 Å². The fourth-order valence-electron chi connectivity index (χ4n) is 1.98. The first-order valence-corrected chi connectivity index (χ1v) is 6.74. The second kappa shape index (κ2) is 5.43. The third-order valence-corrected chi connectivity index (χ3v) is 3.88. The number of hydrogen-bond donors (Lipinski definition) is 1. The first-order valence-electron chi connectivity index (χ1n) is 5.93. The molecule has 2 rings (SSSR count). The van der Waals surface area contributed by atoms with E-state index >= 15 is 0 Å². The minimum absolute atomic E-state index is 0.257. The van der Waals surface area contributed by atoms with Gasteiger partial charge in [0.1, 0.15) is 0 Å². The molecule has 2 nitrogen and oxygen atoms in total. The standard InChI is InChI=1S/C14H18N2S/c1-4-11-6-5-7-12(8-11)14(15-3)13-9-16-10(2)17-13/h5-9,14-15H,4H2,1-3H3. The summed E-state index contributed by atoms with van der Waals surface area (Å²) in [5, 5.41) is 4.49. The Balaban J connectivity index is 2.34. The minimum Gasteiger partial charge on any atom is -0.309 e. The van der Waals surface area contributed by atoms with E-state index in [1.165, 1.54) is 16.0 Å². The van der Waals surface area contributed by atoms with Gasteiger partial charge < -0.3 is 5.32 Å². The average Bonchev–Trinajstić information content (AvgIpc) is 2.77. The predicted molar refractivity (Wildman–Crippen MR) is 73.6 cm³/mol. The van der Waals surface area contributed by atoms with Gasteiger partial charge in [0.05, 0.1) is 11.0 Å². The highest BCUT2D eigenvalue weighted by Gasteiger charge is 2.14. The Kier molecular flexibility index (Phi) is 3.92. The monoisotopic (exact) mass is 246 g/mol. The third kappa shape index (κ3) is 2.73. The molecule has 0 amide bonds. The number of nitrogens with zero attached hydrogens (tertiary/aromatic N) is 1. The molecule has 0 radical (unpaired) electrons. The summed E-state index contributed by atoms with van der Waals surface area (Å²) in [5.74, 6) is 0. The van der Waals surface area contributed by atoms with E-state index in [0.717, 1.165) is 11.4 Å². The Hall–Kier alpha value is -1.19. The van der Waals surface area contributed by atoms with Crippen LogP contribution in [0, 0.1) is 6.92 Å². The molecule has 0 aliphatic carbocycles. The maximum atomic E-state index is 4.33. The predicted octanol–water partition coefficient (Wildman–Crippen LogP) is 3.32. The van der Waals surface area contributed by atoms with Gasteiger partial charge in [-0.05, 0) is 31.5 Å². The minimum atomic E-state index is 0.257. The summed E-state index contributed by atoms with van der Waals surface area (Å²) >= 11 is 1.76. The van der Waals surface area contributed by atoms with E-state index in [-0.39, 0.29) is 6.04 Å². The Morgan fingerprint density at radius 3 is 2.82 bits per heavy atom. The largest absolute Gasteiger partial charge is 0.309 e. The van der Waals surface area contributed by atoms with Gasteiger partial charge in [0.25, 0.3) is 0 Å². The molecule has 1 aromatic heterocycles. The van der Waals surface area contributed by atoms with Crippen molar-refractivity contribution in [3.8, 4) is 0 Å². The van der Waals surface area contributed by atoms with Gasteiger partial charge in [-0.15, -0.1) is 11.3 Å². The van der Waals surface area contributed by atoms with Crippen molar-refractivity contribution in [1.82, 2.24) is 10.3 Å². The summed E-state index contributed by atoms with van der Waals surface area (Å²) in [6.45, 7) is 4.23. The SMILES string of the molecule is CCc1cccc(C(NC)c2cnc(C)s2)c1. The molecule has 1 aromatic carbocycles. The number of benzene rings is 1. The summed E-state index contributed by atoms with van der Waals surface area (Å²) in [6.07, 6.45) is 3.05. The van der Waals surface area contributed by atoms with Crippen molar-refractivity contribution in [2.24, 2.45) is 0 Å². The van der Waals surface area contributed by atoms with Crippen molar-refractivity contribution >= 4 is 11.3 Å². The molecule has 0 aliphatic heterocycles. The van der Waals surface area contributed by atoms with Crippen LogP contribution >= 0.6 is 11.3 Å². The lowest BCUT2D eigenvalue weighted by molar-refractivity contribution is 0.701. The number of thiazole rings is 1. The number of hydrogen-bond acceptors (Lipinski definition) is 3. The normalized spacial score (nSPS) is 12.6. The van der Waals surface area contributed by atoms with E-state index in [1.807, 2.05) is 20.2 Å². The summed E-state index contributed by atoms with van der Waals surface area (Å²) in [4.78, 5) is 5.61. The van der Waals surface area contributed by atoms with E-state index in [2.05, 4.69) is 41.5 Å². The van der Waals surface area contributed by atoms with Crippen LogP contribution in [0.3, 0.4) is 0 Å². The van der Waals surface area contributed by atoms with Gasteiger partial charge in [0, 0.05) is 11.1 Å². The summed E-state index contributed by atoms with van der Waals surface area (Å²) in [6, 6.07) is 9.01. The van der Waals surface area contributed by atoms with Crippen LogP contribution in [-0.4, -0.2) is 12.0 Å². The maximum absolute atomic E-state index is 4.33. The van der Waals surface area contributed by atoms with Crippen LogP contribution in [0.4, 0.5) is 0 Å². The van der Waals surface area contributed by atoms with Crippen LogP contribution in [0.25, 0.3) is 0 Å². The lowest BCUT2D eigenvalue weighted by atomic mass is 10.0. The summed E-state index contributed by atoms with van der Waals surface area (Å²) < 4.78 is 0. The second-order valence-corrected chi connectivity index (χ2v) is 5.37. The Labute approximate surface area is 107 Å². The first-order chi connectivity index (χ1) is 8.24. The molecule has 0 saturated carbocycles. The number of aromatic nitrogens is 1. The smallest absolute Gasteiger partial charge is 0.0897 e. The lowest BCUT2D eigenvalue weighted by Crippen LogP contribution is -2.16. The van der Waals surface area contributed by atoms with Crippen molar-refractivity contribution in [1.29, 1.82) is 0 Å². The highest BCUT2D eigenvalue weighted by Crippen LogP contribution is 2.27. The topological polar surface area (TPSA) is 24.9 Å². The van der Waals surface area contributed by atoms with Gasteiger partial charge in [0.2, 0.25) is 0 Å². The van der Waals surface area contributed by atoms with Crippen molar-refractivity contribution in [3.05, 3.63) is 51.5 Å². The molecule has 0 saturated heterocycles. The van der Waals surface area contributed by atoms with Crippen molar-refractivity contribution < 1.29 is 0 Å². The third-order valence-electron chi connectivity index (χ3n) is 2.90. The van der Waals surface area contributed by atoms with E-state index in [9.17, 15) is 0 Å². The van der Waals surface area contributed by atoms with Crippen LogP contribution in [0.1, 0.15) is 34.0 Å². The van der Waals surface area contributed by atoms with Gasteiger partial charge in [-0.3, -0.25) is 0 Å². The van der Waals surface area contributed by atoms with Gasteiger partial charge in [-0.25, -0.2) is 4.98 Å². The molecular formula is C14H18N2S. The van der Waals surface area contributed by atoms with Crippen molar-refractivity contribution in [2.45, 2.75) is 26.3 Å². The highest BCUT2D eigenvalue weighted by molar-refractivity contribution is 7.11. The van der Waals surface area contributed by atoms with Crippen LogP contribution in [0.15, 0.2) is 30.5 Å². The van der Waals surface area contributed by atoms with E-state index in [4.69, 9.17) is 0 Å². The highest BCUT2D eigenvalue weighted by atomic mass is 32.1. The number of rotatable bonds is 4. The lowest BCUT2D eigenvalue weighted by Gasteiger charge is -2.15. The fourth-order valence-corrected chi connectivity index (χ4v) is 2.90. The first kappa shape index (κ1) is 12.3. The molecule has 2 aromatic rings. The summed E-state index contributed by atoms with van der Waals surface area (Å²) in [7, 11) is 2.00. The van der Waals surface area contributed by atoms with Crippen LogP contribution < -0.4 is 5.32 Å². The molecule has 0 spiro atoms. The van der Waals surface area contributed by atoms with Crippen LogP contribution in [0.2, 0.25) is 0 Å². The van der Waals surface area contributed by atoms with Gasteiger partial charge in [-0.2, -0.15) is 0 Å². The zero-order chi connectivity index (χ0) is 12.3. The number of nitrogens with one attached hydrogen (secondary N) is 1. The zero-order valence-electron chi connectivity index (χ0n) is 10.5. The molecule has 0 bridgehead atoms. The Bertz CT molecular complexity index is 490. The fraction of sp³-hybridized carbons (Fsp3) is 0.357. The molecule has 1 heterocycles. The molecule has 1 N–H and O–H groups in total. The molecule has 1 atom stereocenters. The van der Waals surface area contributed by atoms with E-state index in [0.29, 0.717) is 0 Å². The maximum Gasteiger partial charge on any atom is 0.0897 e. The van der Waals surface area contributed by atoms with E-state index in [1.54, 1.807) is 11.3 Å². The number of aryl methyl sites for hydroxylation is 2. The Morgan fingerprint density at radius 2 is 2.24 bits per heavy atom. The Morgan fingerprint density at radius 1 is 1.41 bits per heavy atom. The zero-order valence-corrected chi connectivity index (χ0v) is 11.3.